The van der Waals surface area contributed by atoms with E-state index in [-0.39, 0.29) is 12.2 Å². The molecule has 43 heavy (non-hydrogen) atoms. The number of benzene rings is 1. The normalized spacial score (nSPS) is 14.3. The maximum absolute atomic E-state index is 14.6. The average Bonchev–Trinajstić information content (AvgIpc) is 3.75. The van der Waals surface area contributed by atoms with Crippen molar-refractivity contribution in [1.29, 1.82) is 0 Å². The molecule has 0 aliphatic carbocycles. The first-order chi connectivity index (χ1) is 20.8. The molecular formula is C31H29FN8O2S. The fourth-order valence-corrected chi connectivity index (χ4v) is 6.28. The Labute approximate surface area is 247 Å². The minimum absolute atomic E-state index is 0.0991. The molecule has 0 atom stereocenters. The topological polar surface area (TPSA) is 147 Å². The summed E-state index contributed by atoms with van der Waals surface area (Å²) in [5.74, 6) is -0.757. The second kappa shape index (κ2) is 11.0. The maximum Gasteiger partial charge on any atom is 0.209 e. The van der Waals surface area contributed by atoms with Crippen molar-refractivity contribution >= 4 is 32.0 Å². The molecule has 0 saturated carbocycles. The monoisotopic (exact) mass is 596 g/mol. The molecular weight excluding hydrogens is 567 g/mol. The van der Waals surface area contributed by atoms with Crippen LogP contribution in [0.15, 0.2) is 67.1 Å². The van der Waals surface area contributed by atoms with Crippen molar-refractivity contribution < 1.29 is 12.8 Å². The highest BCUT2D eigenvalue weighted by Crippen LogP contribution is 2.34. The van der Waals surface area contributed by atoms with Gasteiger partial charge in [-0.15, -0.1) is 0 Å². The molecule has 1 aliphatic rings. The minimum Gasteiger partial charge on any atom is -0.353 e. The van der Waals surface area contributed by atoms with Crippen molar-refractivity contribution in [2.75, 3.05) is 18.8 Å². The van der Waals surface area contributed by atoms with Crippen LogP contribution in [-0.2, 0) is 23.0 Å². The highest BCUT2D eigenvalue weighted by Gasteiger charge is 2.18. The Morgan fingerprint density at radius 2 is 1.77 bits per heavy atom. The fourth-order valence-electron chi connectivity index (χ4n) is 5.76. The van der Waals surface area contributed by atoms with Crippen LogP contribution in [0, 0.1) is 5.82 Å². The van der Waals surface area contributed by atoms with Crippen molar-refractivity contribution in [3.05, 3.63) is 84.1 Å². The van der Waals surface area contributed by atoms with Crippen molar-refractivity contribution in [2.24, 2.45) is 5.14 Å². The molecule has 0 amide bonds. The third-order valence-electron chi connectivity index (χ3n) is 7.81. The lowest BCUT2D eigenvalue weighted by Crippen LogP contribution is -2.18. The van der Waals surface area contributed by atoms with E-state index in [9.17, 15) is 12.8 Å². The molecule has 6 heterocycles. The number of likely N-dealkylation sites (tertiary alicyclic amines) is 1. The number of sulfonamides is 1. The van der Waals surface area contributed by atoms with Gasteiger partial charge in [0.2, 0.25) is 10.0 Å². The van der Waals surface area contributed by atoms with Crippen LogP contribution in [0.2, 0.25) is 0 Å². The Morgan fingerprint density at radius 1 is 0.930 bits per heavy atom. The molecule has 1 fully saturated rings. The predicted molar refractivity (Wildman–Crippen MR) is 164 cm³/mol. The summed E-state index contributed by atoms with van der Waals surface area (Å²) in [6, 6.07) is 14.3. The van der Waals surface area contributed by atoms with Crippen LogP contribution in [0.5, 0.6) is 0 Å². The van der Waals surface area contributed by atoms with Crippen LogP contribution in [0.25, 0.3) is 55.8 Å². The van der Waals surface area contributed by atoms with Gasteiger partial charge in [-0.25, -0.2) is 22.9 Å². The van der Waals surface area contributed by atoms with Crippen LogP contribution in [-0.4, -0.2) is 62.3 Å². The number of fused-ring (bicyclic) bond motifs is 2. The summed E-state index contributed by atoms with van der Waals surface area (Å²) in [5, 5.41) is 13.6. The highest BCUT2D eigenvalue weighted by molar-refractivity contribution is 7.89. The number of rotatable bonds is 8. The maximum atomic E-state index is 14.6. The summed E-state index contributed by atoms with van der Waals surface area (Å²) < 4.78 is 37.5. The molecule has 218 valence electrons. The van der Waals surface area contributed by atoms with Gasteiger partial charge in [-0.1, -0.05) is 0 Å². The SMILES string of the molecule is NS(=O)(=O)CCc1cc(F)cc(-c2nccc3[nH]c(-c4n[nH]c5ccc(-c6cncc(CN7CCCC7)c6)nc45)cc23)c1. The lowest BCUT2D eigenvalue weighted by molar-refractivity contribution is 0.331. The molecule has 1 aromatic carbocycles. The number of aromatic nitrogens is 6. The Balaban J connectivity index is 1.24. The number of nitrogens with one attached hydrogen (secondary N) is 2. The summed E-state index contributed by atoms with van der Waals surface area (Å²) in [4.78, 5) is 19.9. The van der Waals surface area contributed by atoms with E-state index >= 15 is 0 Å². The van der Waals surface area contributed by atoms with Crippen LogP contribution >= 0.6 is 0 Å². The zero-order valence-electron chi connectivity index (χ0n) is 23.2. The van der Waals surface area contributed by atoms with E-state index in [0.29, 0.717) is 28.0 Å². The second-order valence-electron chi connectivity index (χ2n) is 11.0. The van der Waals surface area contributed by atoms with Gasteiger partial charge in [0, 0.05) is 47.2 Å². The van der Waals surface area contributed by atoms with Crippen molar-refractivity contribution in [1.82, 2.24) is 35.0 Å². The number of halogens is 1. The third kappa shape index (κ3) is 5.76. The van der Waals surface area contributed by atoms with Gasteiger partial charge in [-0.05, 0) is 92.0 Å². The highest BCUT2D eigenvalue weighted by atomic mass is 32.2. The molecule has 0 radical (unpaired) electrons. The first kappa shape index (κ1) is 27.3. The quantitative estimate of drug-likeness (QED) is 0.229. The number of primary sulfonamides is 1. The number of pyridine rings is 3. The van der Waals surface area contributed by atoms with Gasteiger partial charge in [0.05, 0.1) is 28.4 Å². The molecule has 5 aromatic heterocycles. The van der Waals surface area contributed by atoms with Gasteiger partial charge in [-0.3, -0.25) is 20.0 Å². The van der Waals surface area contributed by atoms with Gasteiger partial charge in [0.15, 0.2) is 0 Å². The molecule has 7 rings (SSSR count). The standard InChI is InChI=1S/C31H29FN8O2S/c32-23-13-19(6-10-43(33,41)42)11-21(14-23)29-24-15-28(36-26(24)5-7-35-29)31-30-27(38-39-31)4-3-25(37-30)22-12-20(16-34-17-22)18-40-8-1-2-9-40/h3-5,7,11-17,36H,1-2,6,8-10,18H2,(H,38,39)(H2,33,41,42). The largest absolute Gasteiger partial charge is 0.353 e. The molecule has 0 bridgehead atoms. The third-order valence-corrected chi connectivity index (χ3v) is 8.59. The molecule has 4 N–H and O–H groups in total. The lowest BCUT2D eigenvalue weighted by Gasteiger charge is -2.14. The van der Waals surface area contributed by atoms with E-state index in [2.05, 4.69) is 36.1 Å². The average molecular weight is 597 g/mol. The van der Waals surface area contributed by atoms with Crippen LogP contribution in [0.1, 0.15) is 24.0 Å². The van der Waals surface area contributed by atoms with E-state index in [1.165, 1.54) is 25.0 Å². The van der Waals surface area contributed by atoms with Crippen molar-refractivity contribution in [3.63, 3.8) is 0 Å². The van der Waals surface area contributed by atoms with Gasteiger partial charge in [0.1, 0.15) is 17.0 Å². The fraction of sp³-hybridized carbons (Fsp3) is 0.226. The molecule has 1 saturated heterocycles. The summed E-state index contributed by atoms with van der Waals surface area (Å²) in [7, 11) is -3.68. The van der Waals surface area contributed by atoms with Gasteiger partial charge >= 0.3 is 0 Å². The van der Waals surface area contributed by atoms with Gasteiger partial charge in [-0.2, -0.15) is 5.10 Å². The minimum atomic E-state index is -3.68. The molecule has 1 aliphatic heterocycles. The number of H-pyrrole nitrogens is 2. The number of nitrogens with zero attached hydrogens (tertiary/aromatic N) is 5. The predicted octanol–water partition coefficient (Wildman–Crippen LogP) is 4.80. The number of hydrogen-bond donors (Lipinski definition) is 3. The summed E-state index contributed by atoms with van der Waals surface area (Å²) in [6.45, 7) is 3.12. The van der Waals surface area contributed by atoms with Gasteiger partial charge in [0.25, 0.3) is 0 Å². The van der Waals surface area contributed by atoms with Crippen LogP contribution in [0.3, 0.4) is 0 Å². The summed E-state index contributed by atoms with van der Waals surface area (Å²) in [5.41, 5.74) is 8.19. The Bertz CT molecular complexity index is 2080. The Morgan fingerprint density at radius 3 is 2.60 bits per heavy atom. The van der Waals surface area contributed by atoms with Crippen molar-refractivity contribution in [2.45, 2.75) is 25.8 Å². The van der Waals surface area contributed by atoms with E-state index in [4.69, 9.17) is 10.1 Å². The number of nitrogens with two attached hydrogens (primary N) is 1. The Hall–Kier alpha value is -4.52. The van der Waals surface area contributed by atoms with Crippen LogP contribution < -0.4 is 5.14 Å². The second-order valence-corrected chi connectivity index (χ2v) is 12.7. The van der Waals surface area contributed by atoms with E-state index in [1.807, 2.05) is 36.7 Å². The zero-order valence-corrected chi connectivity index (χ0v) is 24.0. The summed E-state index contributed by atoms with van der Waals surface area (Å²) in [6.07, 6.45) is 7.98. The molecule has 10 nitrogen and oxygen atoms in total. The van der Waals surface area contributed by atoms with Crippen molar-refractivity contribution in [3.8, 4) is 33.9 Å². The number of hydrogen-bond acceptors (Lipinski definition) is 7. The first-order valence-electron chi connectivity index (χ1n) is 14.1. The Kier molecular flexibility index (Phi) is 6.96. The number of aromatic amines is 2. The first-order valence-corrected chi connectivity index (χ1v) is 15.8. The smallest absolute Gasteiger partial charge is 0.209 e. The van der Waals surface area contributed by atoms with Gasteiger partial charge < -0.3 is 4.98 Å². The lowest BCUT2D eigenvalue weighted by atomic mass is 10.0. The number of aryl methyl sites for hydroxylation is 1. The molecule has 6 aromatic rings. The molecule has 0 spiro atoms. The van der Waals surface area contributed by atoms with Crippen LogP contribution in [0.4, 0.5) is 4.39 Å². The molecule has 12 heteroatoms. The van der Waals surface area contributed by atoms with E-state index in [1.54, 1.807) is 12.3 Å². The molecule has 0 unspecified atom stereocenters. The zero-order chi connectivity index (χ0) is 29.6. The summed E-state index contributed by atoms with van der Waals surface area (Å²) >= 11 is 0. The van der Waals surface area contributed by atoms with E-state index in [0.717, 1.165) is 58.6 Å². The van der Waals surface area contributed by atoms with E-state index < -0.39 is 15.8 Å².